The first-order chi connectivity index (χ1) is 8.29. The second kappa shape index (κ2) is 6.39. The first-order valence-corrected chi connectivity index (χ1v) is 6.67. The smallest absolute Gasteiger partial charge is 0.0465 e. The Morgan fingerprint density at radius 2 is 2.18 bits per heavy atom. The highest BCUT2D eigenvalue weighted by molar-refractivity contribution is 6.30. The fourth-order valence-electron chi connectivity index (χ4n) is 1.95. The van der Waals surface area contributed by atoms with E-state index in [1.165, 1.54) is 24.0 Å². The van der Waals surface area contributed by atoms with Crippen molar-refractivity contribution in [3.05, 3.63) is 34.3 Å². The van der Waals surface area contributed by atoms with Crippen LogP contribution in [0.25, 0.3) is 0 Å². The van der Waals surface area contributed by atoms with E-state index in [-0.39, 0.29) is 0 Å². The highest BCUT2D eigenvalue weighted by Gasteiger charge is 2.20. The zero-order valence-electron chi connectivity index (χ0n) is 10.3. The average Bonchev–Trinajstić information content (AvgIpc) is 3.13. The minimum atomic E-state index is 0.737. The second-order valence-electron chi connectivity index (χ2n) is 4.66. The number of hydrogen-bond acceptors (Lipinski definition) is 2. The Bertz CT molecular complexity index is 363. The molecule has 0 heterocycles. The van der Waals surface area contributed by atoms with Gasteiger partial charge in [-0.15, -0.1) is 0 Å². The predicted octanol–water partition coefficient (Wildman–Crippen LogP) is 3.17. The summed E-state index contributed by atoms with van der Waals surface area (Å²) in [6, 6.07) is 6.94. The van der Waals surface area contributed by atoms with Gasteiger partial charge in [0.25, 0.3) is 0 Å². The van der Waals surface area contributed by atoms with Crippen molar-refractivity contribution in [2.75, 3.05) is 13.7 Å². The van der Waals surface area contributed by atoms with Crippen molar-refractivity contribution in [2.45, 2.75) is 38.3 Å². The Morgan fingerprint density at radius 3 is 2.88 bits per heavy atom. The van der Waals surface area contributed by atoms with Gasteiger partial charge in [0.05, 0.1) is 0 Å². The van der Waals surface area contributed by atoms with Crippen LogP contribution < -0.4 is 5.32 Å². The van der Waals surface area contributed by atoms with E-state index in [4.69, 9.17) is 16.3 Å². The van der Waals surface area contributed by atoms with Gasteiger partial charge in [-0.25, -0.2) is 0 Å². The quantitative estimate of drug-likeness (QED) is 0.754. The minimum Gasteiger partial charge on any atom is -0.385 e. The lowest BCUT2D eigenvalue weighted by Gasteiger charge is -2.11. The topological polar surface area (TPSA) is 21.3 Å². The number of rotatable bonds is 7. The van der Waals surface area contributed by atoms with Crippen LogP contribution in [0.3, 0.4) is 0 Å². The van der Waals surface area contributed by atoms with Crippen molar-refractivity contribution in [3.63, 3.8) is 0 Å². The molecule has 1 fully saturated rings. The summed E-state index contributed by atoms with van der Waals surface area (Å²) in [4.78, 5) is 0. The highest BCUT2D eigenvalue weighted by Crippen LogP contribution is 2.22. The molecular formula is C14H20ClNO. The van der Waals surface area contributed by atoms with Crippen molar-refractivity contribution in [3.8, 4) is 0 Å². The molecule has 3 heteroatoms. The molecule has 1 aliphatic carbocycles. The molecule has 1 aromatic rings. The number of aryl methyl sites for hydroxylation is 1. The van der Waals surface area contributed by atoms with Crippen LogP contribution in [0.15, 0.2) is 18.2 Å². The number of nitrogens with one attached hydrogen (secondary N) is 1. The molecule has 2 rings (SSSR count). The fraction of sp³-hybridized carbons (Fsp3) is 0.571. The third-order valence-corrected chi connectivity index (χ3v) is 3.36. The van der Waals surface area contributed by atoms with E-state index in [1.807, 2.05) is 6.07 Å². The molecule has 0 bridgehead atoms. The normalized spacial score (nSPS) is 15.2. The number of hydrogen-bond donors (Lipinski definition) is 1. The third kappa shape index (κ3) is 4.30. The van der Waals surface area contributed by atoms with Gasteiger partial charge in [0, 0.05) is 31.3 Å². The van der Waals surface area contributed by atoms with Crippen molar-refractivity contribution >= 4 is 11.6 Å². The molecule has 1 saturated carbocycles. The summed E-state index contributed by atoms with van der Waals surface area (Å²) in [6.07, 6.45) is 4.76. The SMILES string of the molecule is COCCCc1ccc(Cl)cc1CNC1CC1. The van der Waals surface area contributed by atoms with Crippen molar-refractivity contribution in [1.29, 1.82) is 0 Å². The Hall–Kier alpha value is -0.570. The summed E-state index contributed by atoms with van der Waals surface area (Å²) >= 11 is 6.06. The second-order valence-corrected chi connectivity index (χ2v) is 5.10. The van der Waals surface area contributed by atoms with E-state index < -0.39 is 0 Å². The van der Waals surface area contributed by atoms with Crippen LogP contribution in [-0.4, -0.2) is 19.8 Å². The summed E-state index contributed by atoms with van der Waals surface area (Å²) in [5.41, 5.74) is 2.72. The third-order valence-electron chi connectivity index (χ3n) is 3.12. The summed E-state index contributed by atoms with van der Waals surface area (Å²) < 4.78 is 5.09. The summed E-state index contributed by atoms with van der Waals surface area (Å²) in [5, 5.41) is 4.37. The average molecular weight is 254 g/mol. The lowest BCUT2D eigenvalue weighted by Crippen LogP contribution is -2.16. The van der Waals surface area contributed by atoms with Crippen LogP contribution in [0, 0.1) is 0 Å². The van der Waals surface area contributed by atoms with Gasteiger partial charge in [0.2, 0.25) is 0 Å². The summed E-state index contributed by atoms with van der Waals surface area (Å²) in [7, 11) is 1.75. The van der Waals surface area contributed by atoms with Crippen LogP contribution in [-0.2, 0) is 17.7 Å². The summed E-state index contributed by atoms with van der Waals surface area (Å²) in [6.45, 7) is 1.76. The molecule has 0 saturated heterocycles. The molecular weight excluding hydrogens is 234 g/mol. The van der Waals surface area contributed by atoms with Crippen molar-refractivity contribution < 1.29 is 4.74 Å². The molecule has 2 nitrogen and oxygen atoms in total. The van der Waals surface area contributed by atoms with Crippen LogP contribution >= 0.6 is 11.6 Å². The number of ether oxygens (including phenoxy) is 1. The zero-order valence-corrected chi connectivity index (χ0v) is 11.1. The van der Waals surface area contributed by atoms with E-state index in [2.05, 4.69) is 17.4 Å². The molecule has 94 valence electrons. The molecule has 0 aliphatic heterocycles. The van der Waals surface area contributed by atoms with Crippen LogP contribution in [0.5, 0.6) is 0 Å². The maximum Gasteiger partial charge on any atom is 0.0465 e. The zero-order chi connectivity index (χ0) is 12.1. The molecule has 1 aliphatic rings. The maximum absolute atomic E-state index is 6.06. The number of benzene rings is 1. The Kier molecular flexibility index (Phi) is 4.84. The van der Waals surface area contributed by atoms with E-state index in [0.717, 1.165) is 37.1 Å². The van der Waals surface area contributed by atoms with Gasteiger partial charge in [-0.2, -0.15) is 0 Å². The first kappa shape index (κ1) is 12.9. The maximum atomic E-state index is 6.06. The molecule has 0 radical (unpaired) electrons. The monoisotopic (exact) mass is 253 g/mol. The number of halogens is 1. The number of methoxy groups -OCH3 is 1. The van der Waals surface area contributed by atoms with Gasteiger partial charge in [-0.3, -0.25) is 0 Å². The Balaban J connectivity index is 1.95. The lowest BCUT2D eigenvalue weighted by molar-refractivity contribution is 0.195. The molecule has 0 aromatic heterocycles. The molecule has 1 aromatic carbocycles. The van der Waals surface area contributed by atoms with E-state index in [1.54, 1.807) is 7.11 Å². The molecule has 0 atom stereocenters. The van der Waals surface area contributed by atoms with Crippen LogP contribution in [0.4, 0.5) is 0 Å². The van der Waals surface area contributed by atoms with Crippen molar-refractivity contribution in [1.82, 2.24) is 5.32 Å². The van der Waals surface area contributed by atoms with Gasteiger partial charge in [0.15, 0.2) is 0 Å². The van der Waals surface area contributed by atoms with Gasteiger partial charge >= 0.3 is 0 Å². The van der Waals surface area contributed by atoms with E-state index >= 15 is 0 Å². The highest BCUT2D eigenvalue weighted by atomic mass is 35.5. The molecule has 17 heavy (non-hydrogen) atoms. The largest absolute Gasteiger partial charge is 0.385 e. The fourth-order valence-corrected chi connectivity index (χ4v) is 2.15. The standard InChI is InChI=1S/C14H20ClNO/c1-17-8-2-3-11-4-5-13(15)9-12(11)10-16-14-6-7-14/h4-5,9,14,16H,2-3,6-8,10H2,1H3. The predicted molar refractivity (Wildman–Crippen MR) is 71.5 cm³/mol. The van der Waals surface area contributed by atoms with E-state index in [9.17, 15) is 0 Å². The first-order valence-electron chi connectivity index (χ1n) is 6.29. The molecule has 0 amide bonds. The van der Waals surface area contributed by atoms with Gasteiger partial charge in [-0.1, -0.05) is 17.7 Å². The Labute approximate surface area is 108 Å². The molecule has 0 unspecified atom stereocenters. The van der Waals surface area contributed by atoms with Gasteiger partial charge in [0.1, 0.15) is 0 Å². The molecule has 1 N–H and O–H groups in total. The van der Waals surface area contributed by atoms with Gasteiger partial charge < -0.3 is 10.1 Å². The molecule has 0 spiro atoms. The van der Waals surface area contributed by atoms with Crippen LogP contribution in [0.2, 0.25) is 5.02 Å². The Morgan fingerprint density at radius 1 is 1.35 bits per heavy atom. The van der Waals surface area contributed by atoms with E-state index in [0.29, 0.717) is 0 Å². The van der Waals surface area contributed by atoms with Gasteiger partial charge in [-0.05, 0) is 48.9 Å². The van der Waals surface area contributed by atoms with Crippen LogP contribution in [0.1, 0.15) is 30.4 Å². The lowest BCUT2D eigenvalue weighted by atomic mass is 10.0. The summed E-state index contributed by atoms with van der Waals surface area (Å²) in [5.74, 6) is 0. The minimum absolute atomic E-state index is 0.737. The van der Waals surface area contributed by atoms with Crippen molar-refractivity contribution in [2.24, 2.45) is 0 Å².